The van der Waals surface area contributed by atoms with Gasteiger partial charge in [-0.05, 0) is 29.8 Å². The Bertz CT molecular complexity index is 813. The smallest absolute Gasteiger partial charge is 0.247 e. The first-order chi connectivity index (χ1) is 11.6. The summed E-state index contributed by atoms with van der Waals surface area (Å²) in [6.07, 6.45) is -0.832. The van der Waals surface area contributed by atoms with Crippen molar-refractivity contribution in [2.45, 2.75) is 19.4 Å². The first-order valence-corrected chi connectivity index (χ1v) is 7.55. The molecule has 0 saturated carbocycles. The molecule has 2 aromatic carbocycles. The number of aromatic nitrogens is 2. The van der Waals surface area contributed by atoms with E-state index in [1.54, 1.807) is 43.3 Å². The number of anilines is 1. The van der Waals surface area contributed by atoms with Gasteiger partial charge in [0.2, 0.25) is 17.7 Å². The Morgan fingerprint density at radius 2 is 1.83 bits per heavy atom. The van der Waals surface area contributed by atoms with Crippen LogP contribution in [-0.2, 0) is 4.79 Å². The number of carbonyl (C=O) groups is 1. The number of aliphatic hydroxyl groups excluding tert-OH is 1. The van der Waals surface area contributed by atoms with Crippen molar-refractivity contribution in [1.82, 2.24) is 10.2 Å². The van der Waals surface area contributed by atoms with Gasteiger partial charge in [-0.15, -0.1) is 10.2 Å². The van der Waals surface area contributed by atoms with Crippen LogP contribution in [0.4, 0.5) is 5.69 Å². The van der Waals surface area contributed by atoms with Gasteiger partial charge in [-0.2, -0.15) is 0 Å². The first kappa shape index (κ1) is 15.9. The molecule has 0 fully saturated rings. The molecule has 3 rings (SSSR count). The third kappa shape index (κ3) is 3.85. The van der Waals surface area contributed by atoms with Gasteiger partial charge in [0.15, 0.2) is 0 Å². The van der Waals surface area contributed by atoms with Crippen LogP contribution in [0, 0.1) is 6.92 Å². The van der Waals surface area contributed by atoms with Crippen LogP contribution >= 0.6 is 0 Å². The number of rotatable bonds is 5. The van der Waals surface area contributed by atoms with E-state index >= 15 is 0 Å². The third-order valence-electron chi connectivity index (χ3n) is 3.50. The van der Waals surface area contributed by atoms with Crippen LogP contribution in [0.2, 0.25) is 0 Å². The molecule has 24 heavy (non-hydrogen) atoms. The van der Waals surface area contributed by atoms with Gasteiger partial charge in [0.05, 0.1) is 12.5 Å². The summed E-state index contributed by atoms with van der Waals surface area (Å²) < 4.78 is 5.35. The summed E-state index contributed by atoms with van der Waals surface area (Å²) in [5.41, 5.74) is 2.13. The van der Waals surface area contributed by atoms with E-state index in [1.165, 1.54) is 0 Å². The van der Waals surface area contributed by atoms with Gasteiger partial charge in [-0.3, -0.25) is 4.79 Å². The minimum absolute atomic E-state index is 0.00534. The lowest BCUT2D eigenvalue weighted by molar-refractivity contribution is -0.118. The van der Waals surface area contributed by atoms with E-state index in [1.807, 2.05) is 18.2 Å². The predicted molar refractivity (Wildman–Crippen MR) is 89.1 cm³/mol. The van der Waals surface area contributed by atoms with E-state index in [9.17, 15) is 9.90 Å². The molecule has 0 aliphatic rings. The lowest BCUT2D eigenvalue weighted by atomic mass is 10.1. The van der Waals surface area contributed by atoms with Gasteiger partial charge in [-0.25, -0.2) is 0 Å². The van der Waals surface area contributed by atoms with Crippen LogP contribution in [0.5, 0.6) is 0 Å². The maximum atomic E-state index is 12.0. The molecule has 0 aliphatic carbocycles. The highest BCUT2D eigenvalue weighted by molar-refractivity contribution is 5.91. The molecule has 0 saturated heterocycles. The maximum absolute atomic E-state index is 12.0. The predicted octanol–water partition coefficient (Wildman–Crippen LogP) is 3.11. The second-order valence-corrected chi connectivity index (χ2v) is 5.38. The largest absolute Gasteiger partial charge is 0.421 e. The summed E-state index contributed by atoms with van der Waals surface area (Å²) in [4.78, 5) is 12.0. The molecule has 0 bridgehead atoms. The molecule has 1 unspecified atom stereocenters. The SMILES string of the molecule is Cc1nnc(-c2ccc(NC(=O)CC(O)c3ccccc3)cc2)o1. The van der Waals surface area contributed by atoms with Crippen molar-refractivity contribution >= 4 is 11.6 Å². The van der Waals surface area contributed by atoms with Crippen molar-refractivity contribution in [2.24, 2.45) is 0 Å². The minimum atomic E-state index is -0.827. The van der Waals surface area contributed by atoms with Crippen LogP contribution in [-0.4, -0.2) is 21.2 Å². The fourth-order valence-corrected chi connectivity index (χ4v) is 2.29. The molecule has 1 aromatic heterocycles. The van der Waals surface area contributed by atoms with E-state index in [0.717, 1.165) is 11.1 Å². The monoisotopic (exact) mass is 323 g/mol. The van der Waals surface area contributed by atoms with Gasteiger partial charge in [0.1, 0.15) is 0 Å². The Morgan fingerprint density at radius 1 is 1.12 bits per heavy atom. The Kier molecular flexibility index (Phi) is 4.67. The van der Waals surface area contributed by atoms with Gasteiger partial charge >= 0.3 is 0 Å². The van der Waals surface area contributed by atoms with Crippen LogP contribution in [0.15, 0.2) is 59.0 Å². The number of aryl methyl sites for hydroxylation is 1. The molecule has 1 heterocycles. The molecule has 1 atom stereocenters. The Morgan fingerprint density at radius 3 is 2.46 bits per heavy atom. The molecule has 0 spiro atoms. The number of hydrogen-bond acceptors (Lipinski definition) is 5. The zero-order chi connectivity index (χ0) is 16.9. The van der Waals surface area contributed by atoms with E-state index in [2.05, 4.69) is 15.5 Å². The highest BCUT2D eigenvalue weighted by atomic mass is 16.4. The fraction of sp³-hybridized carbons (Fsp3) is 0.167. The summed E-state index contributed by atoms with van der Waals surface area (Å²) >= 11 is 0. The zero-order valence-corrected chi connectivity index (χ0v) is 13.1. The zero-order valence-electron chi connectivity index (χ0n) is 13.1. The maximum Gasteiger partial charge on any atom is 0.247 e. The fourth-order valence-electron chi connectivity index (χ4n) is 2.29. The number of nitrogens with zero attached hydrogens (tertiary/aromatic N) is 2. The van der Waals surface area contributed by atoms with Gasteiger partial charge in [0, 0.05) is 18.2 Å². The van der Waals surface area contributed by atoms with E-state index < -0.39 is 6.10 Å². The van der Waals surface area contributed by atoms with Crippen LogP contribution in [0.3, 0.4) is 0 Å². The average Bonchev–Trinajstić information content (AvgIpc) is 3.02. The molecule has 0 aliphatic heterocycles. The molecule has 1 amide bonds. The van der Waals surface area contributed by atoms with E-state index in [0.29, 0.717) is 17.5 Å². The normalized spacial score (nSPS) is 11.9. The van der Waals surface area contributed by atoms with Gasteiger partial charge in [0.25, 0.3) is 0 Å². The summed E-state index contributed by atoms with van der Waals surface area (Å²) in [5, 5.41) is 20.6. The van der Waals surface area contributed by atoms with Crippen molar-refractivity contribution in [1.29, 1.82) is 0 Å². The number of amides is 1. The molecular formula is C18H17N3O3. The minimum Gasteiger partial charge on any atom is -0.421 e. The number of benzene rings is 2. The second kappa shape index (κ2) is 7.06. The Balaban J connectivity index is 1.60. The quantitative estimate of drug-likeness (QED) is 0.753. The van der Waals surface area contributed by atoms with Crippen LogP contribution in [0.1, 0.15) is 24.0 Å². The Hall–Kier alpha value is -2.99. The van der Waals surface area contributed by atoms with Crippen LogP contribution < -0.4 is 5.32 Å². The summed E-state index contributed by atoms with van der Waals surface area (Å²) in [6.45, 7) is 1.73. The molecule has 0 radical (unpaired) electrons. The number of aliphatic hydroxyl groups is 1. The Labute approximate surface area is 139 Å². The van der Waals surface area contributed by atoms with Crippen molar-refractivity contribution in [3.05, 3.63) is 66.1 Å². The van der Waals surface area contributed by atoms with Gasteiger partial charge in [-0.1, -0.05) is 30.3 Å². The molecule has 6 nitrogen and oxygen atoms in total. The lowest BCUT2D eigenvalue weighted by Crippen LogP contribution is -2.15. The van der Waals surface area contributed by atoms with Gasteiger partial charge < -0.3 is 14.8 Å². The molecule has 122 valence electrons. The van der Waals surface area contributed by atoms with Crippen LogP contribution in [0.25, 0.3) is 11.5 Å². The average molecular weight is 323 g/mol. The third-order valence-corrected chi connectivity index (χ3v) is 3.50. The molecule has 3 aromatic rings. The molecule has 6 heteroatoms. The van der Waals surface area contributed by atoms with Crippen molar-refractivity contribution in [3.63, 3.8) is 0 Å². The van der Waals surface area contributed by atoms with Crippen molar-refractivity contribution in [3.8, 4) is 11.5 Å². The lowest BCUT2D eigenvalue weighted by Gasteiger charge is -2.11. The second-order valence-electron chi connectivity index (χ2n) is 5.38. The number of carbonyl (C=O) groups excluding carboxylic acids is 1. The van der Waals surface area contributed by atoms with E-state index in [4.69, 9.17) is 4.42 Å². The van der Waals surface area contributed by atoms with Crippen molar-refractivity contribution < 1.29 is 14.3 Å². The number of hydrogen-bond donors (Lipinski definition) is 2. The highest BCUT2D eigenvalue weighted by Crippen LogP contribution is 2.21. The first-order valence-electron chi connectivity index (χ1n) is 7.55. The van der Waals surface area contributed by atoms with E-state index in [-0.39, 0.29) is 12.3 Å². The molecule has 2 N–H and O–H groups in total. The summed E-state index contributed by atoms with van der Waals surface area (Å²) in [6, 6.07) is 16.2. The number of nitrogens with one attached hydrogen (secondary N) is 1. The summed E-state index contributed by atoms with van der Waals surface area (Å²) in [5.74, 6) is 0.676. The van der Waals surface area contributed by atoms with Crippen molar-refractivity contribution in [2.75, 3.05) is 5.32 Å². The summed E-state index contributed by atoms with van der Waals surface area (Å²) in [7, 11) is 0. The molecular weight excluding hydrogens is 306 g/mol. The standard InChI is InChI=1S/C18H17N3O3/c1-12-20-21-18(24-12)14-7-9-15(10-8-14)19-17(23)11-16(22)13-5-3-2-4-6-13/h2-10,16,22H,11H2,1H3,(H,19,23). The topological polar surface area (TPSA) is 88.2 Å². The highest BCUT2D eigenvalue weighted by Gasteiger charge is 2.13.